The van der Waals surface area contributed by atoms with Crippen LogP contribution in [0.25, 0.3) is 17.4 Å². The number of thioether (sulfide) groups is 1. The van der Waals surface area contributed by atoms with Crippen molar-refractivity contribution in [2.75, 3.05) is 33.2 Å². The summed E-state index contributed by atoms with van der Waals surface area (Å²) < 4.78 is 5.75. The Labute approximate surface area is 176 Å². The van der Waals surface area contributed by atoms with E-state index in [9.17, 15) is 14.9 Å². The monoisotopic (exact) mass is 433 g/mol. The van der Waals surface area contributed by atoms with Crippen molar-refractivity contribution < 1.29 is 19.0 Å². The topological polar surface area (TPSA) is 93.4 Å². The lowest BCUT2D eigenvalue weighted by molar-refractivity contribution is -0.883. The number of halogens is 1. The summed E-state index contributed by atoms with van der Waals surface area (Å²) in [4.78, 5) is 31.3. The van der Waals surface area contributed by atoms with E-state index in [0.29, 0.717) is 27.2 Å². The van der Waals surface area contributed by atoms with Gasteiger partial charge < -0.3 is 14.2 Å². The number of hydrogen-bond donors (Lipinski definition) is 1. The number of benzene rings is 1. The number of aliphatic imine (C=N–C) groups is 1. The van der Waals surface area contributed by atoms with E-state index < -0.39 is 4.92 Å². The molecular formula is C19H18ClN4O4S+. The van der Waals surface area contributed by atoms with Gasteiger partial charge in [0.05, 0.1) is 48.6 Å². The number of furan rings is 1. The van der Waals surface area contributed by atoms with E-state index >= 15 is 0 Å². The van der Waals surface area contributed by atoms with E-state index in [4.69, 9.17) is 16.0 Å². The second kappa shape index (κ2) is 8.02. The molecule has 0 bridgehead atoms. The van der Waals surface area contributed by atoms with Gasteiger partial charge in [-0.05, 0) is 36.0 Å². The van der Waals surface area contributed by atoms with E-state index in [0.717, 1.165) is 26.2 Å². The Kier molecular flexibility index (Phi) is 5.44. The molecule has 150 valence electrons. The minimum absolute atomic E-state index is 0.139. The molecule has 2 aliphatic rings. The molecular weight excluding hydrogens is 416 g/mol. The van der Waals surface area contributed by atoms with Crippen LogP contribution < -0.4 is 4.90 Å². The quantitative estimate of drug-likeness (QED) is 0.453. The van der Waals surface area contributed by atoms with E-state index in [1.807, 2.05) is 0 Å². The smallest absolute Gasteiger partial charge is 0.286 e. The van der Waals surface area contributed by atoms with Crippen molar-refractivity contribution in [3.8, 4) is 11.3 Å². The van der Waals surface area contributed by atoms with Crippen LogP contribution in [0.2, 0.25) is 5.02 Å². The SMILES string of the molecule is C[NH+]1CCN(C2=NC(=O)/C(=C/c3ccc(-c4ccc(Cl)cc4[N+](=O)[O-])o3)S2)CC1. The Bertz CT molecular complexity index is 1040. The van der Waals surface area contributed by atoms with Gasteiger partial charge in [0.2, 0.25) is 0 Å². The number of nitrogens with zero attached hydrogens (tertiary/aromatic N) is 3. The van der Waals surface area contributed by atoms with E-state index in [2.05, 4.69) is 16.9 Å². The summed E-state index contributed by atoms with van der Waals surface area (Å²) in [6.07, 6.45) is 1.62. The van der Waals surface area contributed by atoms with Gasteiger partial charge >= 0.3 is 0 Å². The maximum absolute atomic E-state index is 12.3. The molecule has 0 saturated carbocycles. The molecule has 0 atom stereocenters. The van der Waals surface area contributed by atoms with Crippen LogP contribution in [0.15, 0.2) is 44.6 Å². The first-order valence-corrected chi connectivity index (χ1v) is 10.2. The predicted octanol–water partition coefficient (Wildman–Crippen LogP) is 2.31. The van der Waals surface area contributed by atoms with Crippen molar-refractivity contribution in [3.63, 3.8) is 0 Å². The summed E-state index contributed by atoms with van der Waals surface area (Å²) >= 11 is 7.19. The maximum atomic E-state index is 12.3. The zero-order valence-corrected chi connectivity index (χ0v) is 17.1. The van der Waals surface area contributed by atoms with Crippen molar-refractivity contribution in [2.24, 2.45) is 4.99 Å². The second-order valence-electron chi connectivity index (χ2n) is 6.87. The van der Waals surface area contributed by atoms with Gasteiger partial charge in [-0.3, -0.25) is 14.9 Å². The highest BCUT2D eigenvalue weighted by atomic mass is 35.5. The number of likely N-dealkylation sites (N-methyl/N-ethyl adjacent to an activating group) is 1. The maximum Gasteiger partial charge on any atom is 0.286 e. The molecule has 1 amide bonds. The lowest BCUT2D eigenvalue weighted by Gasteiger charge is -2.30. The molecule has 4 rings (SSSR count). The highest BCUT2D eigenvalue weighted by Gasteiger charge is 2.29. The number of nitro groups is 1. The number of quaternary nitrogens is 1. The third kappa shape index (κ3) is 4.21. The fraction of sp³-hybridized carbons (Fsp3) is 0.263. The van der Waals surface area contributed by atoms with E-state index in [1.165, 1.54) is 22.7 Å². The highest BCUT2D eigenvalue weighted by molar-refractivity contribution is 8.18. The number of nitro benzene ring substituents is 1. The van der Waals surface area contributed by atoms with Gasteiger partial charge in [0.1, 0.15) is 11.5 Å². The average molecular weight is 434 g/mol. The van der Waals surface area contributed by atoms with E-state index in [1.54, 1.807) is 30.3 Å². The van der Waals surface area contributed by atoms with Gasteiger partial charge in [-0.25, -0.2) is 0 Å². The van der Waals surface area contributed by atoms with Crippen molar-refractivity contribution in [1.82, 2.24) is 4.90 Å². The summed E-state index contributed by atoms with van der Waals surface area (Å²) in [7, 11) is 2.15. The minimum Gasteiger partial charge on any atom is -0.456 e. The van der Waals surface area contributed by atoms with Crippen LogP contribution in [-0.2, 0) is 4.79 Å². The number of amides is 1. The first-order chi connectivity index (χ1) is 13.9. The molecule has 10 heteroatoms. The van der Waals surface area contributed by atoms with Gasteiger partial charge in [-0.2, -0.15) is 4.99 Å². The van der Waals surface area contributed by atoms with Crippen molar-refractivity contribution in [1.29, 1.82) is 0 Å². The fourth-order valence-electron chi connectivity index (χ4n) is 3.18. The van der Waals surface area contributed by atoms with Gasteiger partial charge in [0, 0.05) is 17.2 Å². The summed E-state index contributed by atoms with van der Waals surface area (Å²) in [5.74, 6) is 0.463. The average Bonchev–Trinajstić information content (AvgIpc) is 3.29. The van der Waals surface area contributed by atoms with Crippen molar-refractivity contribution in [3.05, 3.63) is 56.1 Å². The van der Waals surface area contributed by atoms with Crippen LogP contribution in [-0.4, -0.2) is 54.1 Å². The Balaban J connectivity index is 1.53. The van der Waals surface area contributed by atoms with Crippen LogP contribution in [0, 0.1) is 10.1 Å². The molecule has 29 heavy (non-hydrogen) atoms. The Morgan fingerprint density at radius 2 is 2.07 bits per heavy atom. The molecule has 1 saturated heterocycles. The van der Waals surface area contributed by atoms with Crippen molar-refractivity contribution >= 4 is 46.2 Å². The molecule has 0 unspecified atom stereocenters. The molecule has 3 heterocycles. The first-order valence-electron chi connectivity index (χ1n) is 9.03. The van der Waals surface area contributed by atoms with Crippen LogP contribution in [0.3, 0.4) is 0 Å². The third-order valence-corrected chi connectivity index (χ3v) is 6.10. The minimum atomic E-state index is -0.504. The lowest BCUT2D eigenvalue weighted by Crippen LogP contribution is -3.12. The van der Waals surface area contributed by atoms with Gasteiger partial charge in [-0.1, -0.05) is 11.6 Å². The van der Waals surface area contributed by atoms with Gasteiger partial charge in [-0.15, -0.1) is 0 Å². The number of hydrogen-bond acceptors (Lipinski definition) is 6. The van der Waals surface area contributed by atoms with E-state index in [-0.39, 0.29) is 16.6 Å². The predicted molar refractivity (Wildman–Crippen MR) is 112 cm³/mol. The zero-order valence-electron chi connectivity index (χ0n) is 15.6. The first kappa shape index (κ1) is 19.7. The number of nitrogens with one attached hydrogen (secondary N) is 1. The molecule has 0 spiro atoms. The fourth-order valence-corrected chi connectivity index (χ4v) is 4.29. The summed E-state index contributed by atoms with van der Waals surface area (Å²) in [6.45, 7) is 3.75. The Morgan fingerprint density at radius 1 is 1.31 bits per heavy atom. The number of carbonyl (C=O) groups excluding carboxylic acids is 1. The summed E-state index contributed by atoms with van der Waals surface area (Å²) in [6, 6.07) is 7.70. The third-order valence-electron chi connectivity index (χ3n) is 4.82. The summed E-state index contributed by atoms with van der Waals surface area (Å²) in [5.41, 5.74) is 0.187. The van der Waals surface area contributed by atoms with Crippen LogP contribution in [0.4, 0.5) is 5.69 Å². The zero-order chi connectivity index (χ0) is 20.5. The van der Waals surface area contributed by atoms with Crippen molar-refractivity contribution in [2.45, 2.75) is 0 Å². The highest BCUT2D eigenvalue weighted by Crippen LogP contribution is 2.35. The van der Waals surface area contributed by atoms with Crippen LogP contribution in [0.1, 0.15) is 5.76 Å². The largest absolute Gasteiger partial charge is 0.456 e. The number of carbonyl (C=O) groups is 1. The number of amidine groups is 1. The van der Waals surface area contributed by atoms with Gasteiger partial charge in [0.15, 0.2) is 5.17 Å². The Hall–Kier alpha value is -2.62. The number of rotatable bonds is 3. The molecule has 1 aromatic carbocycles. The standard InChI is InChI=1S/C19H17ClN4O4S/c1-22-6-8-23(9-7-22)19-21-18(25)17(29-19)11-13-3-5-16(28-13)14-4-2-12(20)10-15(14)24(26)27/h2-5,10-11H,6-9H2,1H3/p+1/b17-11-. The molecule has 1 N–H and O–H groups in total. The van der Waals surface area contributed by atoms with Gasteiger partial charge in [0.25, 0.3) is 11.6 Å². The normalized spacial score (nSPS) is 19.1. The molecule has 0 aliphatic carbocycles. The van der Waals surface area contributed by atoms with Crippen LogP contribution in [0.5, 0.6) is 0 Å². The molecule has 1 fully saturated rings. The molecule has 0 radical (unpaired) electrons. The number of piperazine rings is 1. The molecule has 2 aliphatic heterocycles. The molecule has 2 aromatic rings. The second-order valence-corrected chi connectivity index (χ2v) is 8.32. The lowest BCUT2D eigenvalue weighted by atomic mass is 10.1. The molecule has 8 nitrogen and oxygen atoms in total. The molecule has 1 aromatic heterocycles. The Morgan fingerprint density at radius 3 is 2.79 bits per heavy atom. The summed E-state index contributed by atoms with van der Waals surface area (Å²) in [5, 5.41) is 12.3. The van der Waals surface area contributed by atoms with Crippen LogP contribution >= 0.6 is 23.4 Å².